The highest BCUT2D eigenvalue weighted by atomic mass is 35.5. The van der Waals surface area contributed by atoms with Crippen molar-refractivity contribution >= 4 is 101 Å². The number of nitrogens with one attached hydrogen (secondary N) is 3. The van der Waals surface area contributed by atoms with Gasteiger partial charge in [0.05, 0.1) is 39.2 Å². The molecule has 10 heteroatoms. The first-order chi connectivity index (χ1) is 22.5. The molecular weight excluding hydrogens is 661 g/mol. The summed E-state index contributed by atoms with van der Waals surface area (Å²) in [5, 5.41) is 11.5. The van der Waals surface area contributed by atoms with Crippen LogP contribution < -0.4 is 15.4 Å². The van der Waals surface area contributed by atoms with Crippen LogP contribution in [0, 0.1) is 0 Å². The smallest absolute Gasteiger partial charge is 0.232 e. The normalized spacial score (nSPS) is 11.2. The number of aromatic nitrogens is 2. The average Bonchev–Trinajstić information content (AvgIpc) is 3.08. The third-order valence-corrected chi connectivity index (χ3v) is 9.62. The molecule has 2 aromatic heterocycles. The van der Waals surface area contributed by atoms with E-state index in [1.807, 2.05) is 84.9 Å². The van der Waals surface area contributed by atoms with Gasteiger partial charge >= 0.3 is 0 Å². The zero-order valence-electron chi connectivity index (χ0n) is 26.2. The Morgan fingerprint density at radius 1 is 0.479 bits per heavy atom. The fourth-order valence-electron chi connectivity index (χ4n) is 5.99. The van der Waals surface area contributed by atoms with Gasteiger partial charge in [-0.05, 0) is 61.4 Å². The molecule has 7 rings (SSSR count). The Morgan fingerprint density at radius 2 is 0.896 bits per heavy atom. The molecule has 246 valence electrons. The summed E-state index contributed by atoms with van der Waals surface area (Å²) in [6.07, 6.45) is 3.35. The van der Waals surface area contributed by atoms with Gasteiger partial charge in [0.25, 0.3) is 0 Å². The molecular formula is C38H37Cl2N5O2S. The van der Waals surface area contributed by atoms with Crippen LogP contribution in [0.4, 0.5) is 22.7 Å². The van der Waals surface area contributed by atoms with Gasteiger partial charge in [-0.2, -0.15) is 0 Å². The molecule has 48 heavy (non-hydrogen) atoms. The van der Waals surface area contributed by atoms with Gasteiger partial charge in [0.15, 0.2) is 0 Å². The van der Waals surface area contributed by atoms with Crippen molar-refractivity contribution in [2.24, 2.45) is 0 Å². The molecule has 0 saturated heterocycles. The minimum absolute atomic E-state index is 0. The summed E-state index contributed by atoms with van der Waals surface area (Å²) >= 11 is 0. The zero-order valence-corrected chi connectivity index (χ0v) is 28.7. The maximum Gasteiger partial charge on any atom is 0.232 e. The van der Waals surface area contributed by atoms with Crippen LogP contribution in [0.3, 0.4) is 0 Å². The molecule has 2 heterocycles. The highest BCUT2D eigenvalue weighted by molar-refractivity contribution is 7.92. The van der Waals surface area contributed by atoms with Crippen LogP contribution in [0.25, 0.3) is 43.6 Å². The van der Waals surface area contributed by atoms with Gasteiger partial charge in [-0.25, -0.2) is 18.4 Å². The Balaban J connectivity index is 0.00000225. The average molecular weight is 699 g/mol. The van der Waals surface area contributed by atoms with E-state index >= 15 is 0 Å². The van der Waals surface area contributed by atoms with Crippen LogP contribution in [-0.2, 0) is 10.0 Å². The number of nitrogens with zero attached hydrogens (tertiary/aromatic N) is 2. The van der Waals surface area contributed by atoms with Crippen molar-refractivity contribution < 1.29 is 8.42 Å². The van der Waals surface area contributed by atoms with Crippen LogP contribution in [0.1, 0.15) is 25.7 Å². The molecule has 7 aromatic rings. The molecule has 5 aromatic carbocycles. The Hall–Kier alpha value is -4.63. The van der Waals surface area contributed by atoms with E-state index in [-0.39, 0.29) is 30.6 Å². The maximum absolute atomic E-state index is 12.8. The highest BCUT2D eigenvalue weighted by Crippen LogP contribution is 2.34. The topological polar surface area (TPSA) is 96.0 Å². The zero-order chi connectivity index (χ0) is 31.3. The van der Waals surface area contributed by atoms with Gasteiger partial charge in [0, 0.05) is 39.5 Å². The molecule has 0 radical (unpaired) electrons. The van der Waals surface area contributed by atoms with Crippen LogP contribution in [0.5, 0.6) is 0 Å². The number of unbranched alkanes of at least 4 members (excludes halogenated alkanes) is 3. The summed E-state index contributed by atoms with van der Waals surface area (Å²) in [5.74, 6) is 0.0923. The molecule has 0 bridgehead atoms. The minimum atomic E-state index is -3.45. The Labute approximate surface area is 293 Å². The molecule has 3 N–H and O–H groups in total. The number of benzene rings is 5. The number of halogens is 2. The summed E-state index contributed by atoms with van der Waals surface area (Å²) in [4.78, 5) is 9.58. The summed E-state index contributed by atoms with van der Waals surface area (Å²) < 4.78 is 28.4. The molecule has 0 amide bonds. The molecule has 0 unspecified atom stereocenters. The van der Waals surface area contributed by atoms with Crippen molar-refractivity contribution in [2.75, 3.05) is 27.7 Å². The van der Waals surface area contributed by atoms with Crippen molar-refractivity contribution in [2.45, 2.75) is 25.7 Å². The van der Waals surface area contributed by atoms with Crippen molar-refractivity contribution in [3.8, 4) is 0 Å². The van der Waals surface area contributed by atoms with E-state index in [2.05, 4.69) is 39.6 Å². The Kier molecular flexibility index (Phi) is 11.2. The van der Waals surface area contributed by atoms with Crippen molar-refractivity contribution in [1.82, 2.24) is 9.97 Å². The predicted molar refractivity (Wildman–Crippen MR) is 207 cm³/mol. The van der Waals surface area contributed by atoms with Gasteiger partial charge in [0.1, 0.15) is 0 Å². The summed E-state index contributed by atoms with van der Waals surface area (Å²) in [7, 11) is -3.45. The maximum atomic E-state index is 12.8. The SMILES string of the molecule is Cl.Cl.O=S(=O)(CCCCCCNc1c2ccccc2nc2ccccc12)Nc1ccc(Nc2c3ccccc3nc3ccccc23)cc1. The van der Waals surface area contributed by atoms with Gasteiger partial charge in [-0.3, -0.25) is 4.72 Å². The van der Waals surface area contributed by atoms with Crippen LogP contribution >= 0.6 is 24.8 Å². The van der Waals surface area contributed by atoms with Gasteiger partial charge in [0.2, 0.25) is 10.0 Å². The standard InChI is InChI=1S/C38H35N5O2S.2ClH/c44-46(45,26-12-2-1-11-25-39-37-29-13-3-7-17-33(29)41-34-18-8-4-14-30(34)37)43-28-23-21-27(22-24-28)40-38-31-15-5-9-19-35(31)42-36-20-10-6-16-32(36)38;;/h3-10,13-24,43H,1-2,11-12,25-26H2,(H,39,41)(H,40,42);2*1H. The van der Waals surface area contributed by atoms with Crippen LogP contribution in [0.15, 0.2) is 121 Å². The lowest BCUT2D eigenvalue weighted by atomic mass is 10.1. The van der Waals surface area contributed by atoms with Crippen LogP contribution in [0.2, 0.25) is 0 Å². The molecule has 0 spiro atoms. The predicted octanol–water partition coefficient (Wildman–Crippen LogP) is 10.1. The van der Waals surface area contributed by atoms with Gasteiger partial charge in [-0.15, -0.1) is 24.8 Å². The number of pyridine rings is 2. The number of sulfonamides is 1. The summed E-state index contributed by atoms with van der Waals surface area (Å²) in [5.41, 5.74) is 7.29. The molecule has 0 atom stereocenters. The fraction of sp³-hybridized carbons (Fsp3) is 0.158. The molecule has 0 aliphatic heterocycles. The van der Waals surface area contributed by atoms with Crippen molar-refractivity contribution in [3.63, 3.8) is 0 Å². The van der Waals surface area contributed by atoms with E-state index < -0.39 is 10.0 Å². The highest BCUT2D eigenvalue weighted by Gasteiger charge is 2.12. The third-order valence-electron chi connectivity index (χ3n) is 8.24. The lowest BCUT2D eigenvalue weighted by Gasteiger charge is -2.14. The third kappa shape index (κ3) is 7.73. The summed E-state index contributed by atoms with van der Waals surface area (Å²) in [6, 6.07) is 39.9. The fourth-order valence-corrected chi connectivity index (χ4v) is 7.17. The van der Waals surface area contributed by atoms with Gasteiger partial charge in [-0.1, -0.05) is 85.6 Å². The van der Waals surface area contributed by atoms with E-state index in [1.54, 1.807) is 12.1 Å². The van der Waals surface area contributed by atoms with Crippen molar-refractivity contribution in [3.05, 3.63) is 121 Å². The molecule has 0 fully saturated rings. The Bertz CT molecular complexity index is 2170. The number of hydrogen-bond acceptors (Lipinski definition) is 6. The van der Waals surface area contributed by atoms with Gasteiger partial charge < -0.3 is 10.6 Å². The second kappa shape index (κ2) is 15.5. The first-order valence-corrected chi connectivity index (χ1v) is 17.4. The number of para-hydroxylation sites is 4. The first kappa shape index (κ1) is 34.7. The number of fused-ring (bicyclic) bond motifs is 4. The number of hydrogen-bond donors (Lipinski definition) is 3. The van der Waals surface area contributed by atoms with E-state index in [1.165, 1.54) is 0 Å². The lowest BCUT2D eigenvalue weighted by molar-refractivity contribution is 0.593. The van der Waals surface area contributed by atoms with E-state index in [0.717, 1.165) is 86.5 Å². The van der Waals surface area contributed by atoms with E-state index in [0.29, 0.717) is 12.1 Å². The first-order valence-electron chi connectivity index (χ1n) is 15.7. The van der Waals surface area contributed by atoms with E-state index in [4.69, 9.17) is 9.97 Å². The molecule has 0 aliphatic carbocycles. The molecule has 0 saturated carbocycles. The largest absolute Gasteiger partial charge is 0.384 e. The molecule has 0 aliphatic rings. The minimum Gasteiger partial charge on any atom is -0.384 e. The number of rotatable bonds is 12. The Morgan fingerprint density at radius 3 is 1.40 bits per heavy atom. The van der Waals surface area contributed by atoms with E-state index in [9.17, 15) is 8.42 Å². The second-order valence-electron chi connectivity index (χ2n) is 11.5. The lowest BCUT2D eigenvalue weighted by Crippen LogP contribution is -2.16. The van der Waals surface area contributed by atoms with Crippen molar-refractivity contribution in [1.29, 1.82) is 0 Å². The summed E-state index contributed by atoms with van der Waals surface area (Å²) in [6.45, 7) is 0.814. The molecule has 7 nitrogen and oxygen atoms in total. The van der Waals surface area contributed by atoms with Crippen LogP contribution in [-0.4, -0.2) is 30.7 Å². The monoisotopic (exact) mass is 697 g/mol. The quantitative estimate of drug-likeness (QED) is 0.0869. The second-order valence-corrected chi connectivity index (χ2v) is 13.3. The number of anilines is 4.